The van der Waals surface area contributed by atoms with E-state index in [4.69, 9.17) is 4.74 Å². The fourth-order valence-electron chi connectivity index (χ4n) is 2.79. The topological polar surface area (TPSA) is 12.5 Å². The lowest BCUT2D eigenvalue weighted by Crippen LogP contribution is -2.18. The monoisotopic (exact) mass is 293 g/mol. The summed E-state index contributed by atoms with van der Waals surface area (Å²) in [6, 6.07) is 17.1. The van der Waals surface area contributed by atoms with Gasteiger partial charge < -0.3 is 4.74 Å². The van der Waals surface area contributed by atoms with Crippen molar-refractivity contribution < 1.29 is 4.74 Å². The summed E-state index contributed by atoms with van der Waals surface area (Å²) < 4.78 is 5.75. The predicted octanol–water partition coefficient (Wildman–Crippen LogP) is 4.16. The second-order valence-electron chi connectivity index (χ2n) is 5.90. The lowest BCUT2D eigenvalue weighted by Gasteiger charge is -2.20. The lowest BCUT2D eigenvalue weighted by molar-refractivity contribution is 0.287. The molecule has 0 unspecified atom stereocenters. The number of hydrogen-bond donors (Lipinski definition) is 0. The van der Waals surface area contributed by atoms with Gasteiger partial charge in [0.05, 0.1) is 6.61 Å². The summed E-state index contributed by atoms with van der Waals surface area (Å²) >= 11 is 0. The van der Waals surface area contributed by atoms with Crippen LogP contribution in [0.1, 0.15) is 23.1 Å². The summed E-state index contributed by atoms with van der Waals surface area (Å²) in [6.07, 6.45) is 6.67. The molecule has 0 atom stereocenters. The molecule has 1 aliphatic heterocycles. The number of fused-ring (bicyclic) bond motifs is 1. The van der Waals surface area contributed by atoms with Gasteiger partial charge in [0.1, 0.15) is 5.75 Å². The van der Waals surface area contributed by atoms with Crippen molar-refractivity contribution in [3.63, 3.8) is 0 Å². The summed E-state index contributed by atoms with van der Waals surface area (Å²) in [6.45, 7) is 2.73. The van der Waals surface area contributed by atoms with E-state index in [0.29, 0.717) is 0 Å². The molecule has 0 fully saturated rings. The molecule has 0 N–H and O–H groups in total. The minimum absolute atomic E-state index is 0.853. The molecule has 1 heterocycles. The highest BCUT2D eigenvalue weighted by molar-refractivity contribution is 5.48. The molecule has 0 saturated heterocycles. The molecule has 0 aliphatic carbocycles. The van der Waals surface area contributed by atoms with Crippen LogP contribution >= 0.6 is 0 Å². The highest BCUT2D eigenvalue weighted by Gasteiger charge is 2.10. The largest absolute Gasteiger partial charge is 0.493 e. The predicted molar refractivity (Wildman–Crippen MR) is 92.1 cm³/mol. The molecular formula is C20H23NO. The Morgan fingerprint density at radius 1 is 1.14 bits per heavy atom. The fourth-order valence-corrected chi connectivity index (χ4v) is 2.79. The summed E-state index contributed by atoms with van der Waals surface area (Å²) in [7, 11) is 2.15. The zero-order chi connectivity index (χ0) is 15.2. The molecule has 2 heteroatoms. The van der Waals surface area contributed by atoms with E-state index >= 15 is 0 Å². The smallest absolute Gasteiger partial charge is 0.122 e. The second kappa shape index (κ2) is 7.28. The van der Waals surface area contributed by atoms with Gasteiger partial charge in [-0.15, -0.1) is 0 Å². The number of likely N-dealkylation sites (N-methyl/N-ethyl adjacent to an activating group) is 1. The van der Waals surface area contributed by atoms with Gasteiger partial charge in [-0.1, -0.05) is 54.6 Å². The van der Waals surface area contributed by atoms with Crippen molar-refractivity contribution in [3.05, 3.63) is 71.3 Å². The molecule has 3 rings (SSSR count). The molecule has 2 nitrogen and oxygen atoms in total. The number of rotatable bonds is 5. The second-order valence-corrected chi connectivity index (χ2v) is 5.90. The number of nitrogens with zero attached hydrogens (tertiary/aromatic N) is 1. The third-order valence-corrected chi connectivity index (χ3v) is 3.96. The molecule has 0 spiro atoms. The van der Waals surface area contributed by atoms with Crippen LogP contribution in [-0.4, -0.2) is 25.1 Å². The van der Waals surface area contributed by atoms with E-state index < -0.39 is 0 Å². The molecule has 2 aromatic carbocycles. The third kappa shape index (κ3) is 3.99. The molecule has 0 aromatic heterocycles. The first-order valence-electron chi connectivity index (χ1n) is 7.96. The molecule has 0 saturated carbocycles. The van der Waals surface area contributed by atoms with Gasteiger partial charge in [-0.05, 0) is 42.6 Å². The minimum Gasteiger partial charge on any atom is -0.493 e. The summed E-state index contributed by atoms with van der Waals surface area (Å²) in [4.78, 5) is 2.31. The van der Waals surface area contributed by atoms with E-state index in [1.807, 2.05) is 6.07 Å². The van der Waals surface area contributed by atoms with E-state index in [2.05, 4.69) is 66.6 Å². The first-order valence-corrected chi connectivity index (χ1v) is 7.96. The van der Waals surface area contributed by atoms with Crippen LogP contribution in [0.15, 0.2) is 54.6 Å². The fraction of sp³-hybridized carbons (Fsp3) is 0.300. The van der Waals surface area contributed by atoms with E-state index in [9.17, 15) is 0 Å². The van der Waals surface area contributed by atoms with Crippen molar-refractivity contribution in [2.45, 2.75) is 19.4 Å². The Labute approximate surface area is 133 Å². The van der Waals surface area contributed by atoms with E-state index in [0.717, 1.165) is 38.3 Å². The summed E-state index contributed by atoms with van der Waals surface area (Å²) in [5, 5.41) is 0. The zero-order valence-corrected chi connectivity index (χ0v) is 13.2. The molecule has 114 valence electrons. The zero-order valence-electron chi connectivity index (χ0n) is 13.2. The van der Waals surface area contributed by atoms with Crippen molar-refractivity contribution in [3.8, 4) is 5.75 Å². The van der Waals surface area contributed by atoms with Crippen molar-refractivity contribution in [1.82, 2.24) is 4.90 Å². The normalized spacial score (nSPS) is 14.1. The number of benzene rings is 2. The SMILES string of the molecule is CN(C/C=C/c1ccccc1)Cc1ccc2c(c1)OCCC2. The van der Waals surface area contributed by atoms with Gasteiger partial charge in [0.2, 0.25) is 0 Å². The van der Waals surface area contributed by atoms with Crippen LogP contribution in [0.5, 0.6) is 5.75 Å². The van der Waals surface area contributed by atoms with Crippen LogP contribution in [0.4, 0.5) is 0 Å². The molecular weight excluding hydrogens is 270 g/mol. The van der Waals surface area contributed by atoms with Crippen LogP contribution in [0, 0.1) is 0 Å². The highest BCUT2D eigenvalue weighted by atomic mass is 16.5. The van der Waals surface area contributed by atoms with Crippen molar-refractivity contribution in [2.24, 2.45) is 0 Å². The number of hydrogen-bond acceptors (Lipinski definition) is 2. The maximum Gasteiger partial charge on any atom is 0.122 e. The average Bonchev–Trinajstić information content (AvgIpc) is 2.56. The average molecular weight is 293 g/mol. The van der Waals surface area contributed by atoms with Crippen LogP contribution in [-0.2, 0) is 13.0 Å². The molecule has 1 aliphatic rings. The van der Waals surface area contributed by atoms with Gasteiger partial charge in [-0.25, -0.2) is 0 Å². The van der Waals surface area contributed by atoms with E-state index in [1.165, 1.54) is 16.7 Å². The van der Waals surface area contributed by atoms with Gasteiger partial charge in [0, 0.05) is 13.1 Å². The van der Waals surface area contributed by atoms with Gasteiger partial charge in [-0.2, -0.15) is 0 Å². The summed E-state index contributed by atoms with van der Waals surface area (Å²) in [5.41, 5.74) is 3.91. The third-order valence-electron chi connectivity index (χ3n) is 3.96. The molecule has 0 bridgehead atoms. The number of aryl methyl sites for hydroxylation is 1. The van der Waals surface area contributed by atoms with Crippen LogP contribution in [0.2, 0.25) is 0 Å². The Balaban J connectivity index is 1.55. The Bertz CT molecular complexity index is 633. The Kier molecular flexibility index (Phi) is 4.92. The van der Waals surface area contributed by atoms with Gasteiger partial charge in [-0.3, -0.25) is 4.90 Å². The standard InChI is InChI=1S/C20H23NO/c1-21(13-5-9-17-7-3-2-4-8-17)16-18-11-12-19-10-6-14-22-20(19)15-18/h2-5,7-9,11-12,15H,6,10,13-14,16H2,1H3/b9-5+. The highest BCUT2D eigenvalue weighted by Crippen LogP contribution is 2.26. The van der Waals surface area contributed by atoms with Crippen LogP contribution in [0.25, 0.3) is 6.08 Å². The maximum atomic E-state index is 5.75. The Hall–Kier alpha value is -2.06. The minimum atomic E-state index is 0.853. The number of ether oxygens (including phenoxy) is 1. The molecule has 0 radical (unpaired) electrons. The Morgan fingerprint density at radius 3 is 2.86 bits per heavy atom. The van der Waals surface area contributed by atoms with Gasteiger partial charge >= 0.3 is 0 Å². The lowest BCUT2D eigenvalue weighted by atomic mass is 10.0. The van der Waals surface area contributed by atoms with Crippen molar-refractivity contribution in [2.75, 3.05) is 20.2 Å². The van der Waals surface area contributed by atoms with E-state index in [-0.39, 0.29) is 0 Å². The van der Waals surface area contributed by atoms with Gasteiger partial charge in [0.15, 0.2) is 0 Å². The van der Waals surface area contributed by atoms with E-state index in [1.54, 1.807) is 0 Å². The Morgan fingerprint density at radius 2 is 2.00 bits per heavy atom. The van der Waals surface area contributed by atoms with Gasteiger partial charge in [0.25, 0.3) is 0 Å². The molecule has 22 heavy (non-hydrogen) atoms. The quantitative estimate of drug-likeness (QED) is 0.821. The molecule has 2 aromatic rings. The first kappa shape index (κ1) is 14.9. The van der Waals surface area contributed by atoms with Crippen molar-refractivity contribution in [1.29, 1.82) is 0 Å². The maximum absolute atomic E-state index is 5.75. The van der Waals surface area contributed by atoms with Crippen LogP contribution in [0.3, 0.4) is 0 Å². The summed E-state index contributed by atoms with van der Waals surface area (Å²) in [5.74, 6) is 1.08. The van der Waals surface area contributed by atoms with Crippen LogP contribution < -0.4 is 4.74 Å². The van der Waals surface area contributed by atoms with Crippen molar-refractivity contribution >= 4 is 6.08 Å². The first-order chi connectivity index (χ1) is 10.8. The molecule has 0 amide bonds.